The molecule has 0 bridgehead atoms. The van der Waals surface area contributed by atoms with E-state index in [0.29, 0.717) is 22.0 Å². The number of nitrogens with one attached hydrogen (secondary N) is 2. The Morgan fingerprint density at radius 3 is 2.58 bits per heavy atom. The predicted octanol–water partition coefficient (Wildman–Crippen LogP) is 4.63. The van der Waals surface area contributed by atoms with Crippen LogP contribution in [-0.4, -0.2) is 25.2 Å². The summed E-state index contributed by atoms with van der Waals surface area (Å²) in [5.74, 6) is -0.391. The molecule has 5 rings (SSSR count). The van der Waals surface area contributed by atoms with Crippen LogP contribution in [0.25, 0.3) is 17.4 Å². The standard InChI is InChI=1S/C24H17ClN4O5S2/c1-14-2-5-16(12-20(14)25)29-23(31)19(22(30)27-29)13-17-6-9-21(34-17)15-3-7-18(8-4-15)36(32,33)28-24-26-10-11-35-24/h2-13H,1H3,(H,26,28)(H,27,30)/b19-13-. The topological polar surface area (TPSA) is 122 Å². The number of nitrogens with zero attached hydrogens (tertiary/aromatic N) is 2. The molecule has 1 aliphatic heterocycles. The molecule has 0 spiro atoms. The molecular weight excluding hydrogens is 524 g/mol. The van der Waals surface area contributed by atoms with E-state index in [1.54, 1.807) is 47.8 Å². The van der Waals surface area contributed by atoms with Gasteiger partial charge in [-0.2, -0.15) is 0 Å². The number of carbonyl (C=O) groups excluding carboxylic acids is 2. The first-order chi connectivity index (χ1) is 17.2. The highest BCUT2D eigenvalue weighted by atomic mass is 35.5. The quantitative estimate of drug-likeness (QED) is 0.272. The van der Waals surface area contributed by atoms with Crippen LogP contribution in [0.1, 0.15) is 11.3 Å². The molecule has 12 heteroatoms. The van der Waals surface area contributed by atoms with Crippen molar-refractivity contribution in [3.63, 3.8) is 0 Å². The smallest absolute Gasteiger partial charge is 0.282 e. The van der Waals surface area contributed by atoms with Crippen molar-refractivity contribution in [2.45, 2.75) is 11.8 Å². The summed E-state index contributed by atoms with van der Waals surface area (Å²) in [4.78, 5) is 29.3. The maximum absolute atomic E-state index is 12.9. The van der Waals surface area contributed by atoms with Crippen LogP contribution in [0, 0.1) is 6.92 Å². The maximum atomic E-state index is 12.9. The second-order valence-electron chi connectivity index (χ2n) is 7.74. The van der Waals surface area contributed by atoms with Crippen molar-refractivity contribution in [1.29, 1.82) is 0 Å². The third-order valence-corrected chi connectivity index (χ3v) is 7.90. The molecule has 4 aromatic rings. The van der Waals surface area contributed by atoms with Gasteiger partial charge >= 0.3 is 0 Å². The molecule has 0 atom stereocenters. The van der Waals surface area contributed by atoms with Gasteiger partial charge in [0.05, 0.1) is 10.6 Å². The van der Waals surface area contributed by atoms with E-state index in [9.17, 15) is 18.0 Å². The van der Waals surface area contributed by atoms with Gasteiger partial charge in [0.25, 0.3) is 21.8 Å². The Labute approximate surface area is 215 Å². The molecule has 0 unspecified atom stereocenters. The average molecular weight is 541 g/mol. The van der Waals surface area contributed by atoms with E-state index in [4.69, 9.17) is 16.0 Å². The summed E-state index contributed by atoms with van der Waals surface area (Å²) < 4.78 is 33.2. The number of halogens is 1. The summed E-state index contributed by atoms with van der Waals surface area (Å²) in [5, 5.41) is 3.54. The lowest BCUT2D eigenvalue weighted by Crippen LogP contribution is -2.35. The number of benzene rings is 2. The molecule has 3 heterocycles. The van der Waals surface area contributed by atoms with Gasteiger partial charge in [-0.1, -0.05) is 17.7 Å². The number of hydrazine groups is 1. The predicted molar refractivity (Wildman–Crippen MR) is 137 cm³/mol. The number of thiazole rings is 1. The van der Waals surface area contributed by atoms with Gasteiger partial charge in [0.1, 0.15) is 17.1 Å². The molecule has 2 aromatic carbocycles. The minimum Gasteiger partial charge on any atom is -0.457 e. The van der Waals surface area contributed by atoms with Gasteiger partial charge in [-0.3, -0.25) is 19.7 Å². The average Bonchev–Trinajstić information content (AvgIpc) is 3.59. The van der Waals surface area contributed by atoms with Crippen molar-refractivity contribution < 1.29 is 22.4 Å². The number of sulfonamides is 1. The van der Waals surface area contributed by atoms with Crippen molar-refractivity contribution in [1.82, 2.24) is 10.4 Å². The highest BCUT2D eigenvalue weighted by Gasteiger charge is 2.35. The number of aryl methyl sites for hydroxylation is 1. The number of hydrogen-bond donors (Lipinski definition) is 2. The van der Waals surface area contributed by atoms with Crippen LogP contribution in [0.3, 0.4) is 0 Å². The molecular formula is C24H17ClN4O5S2. The third-order valence-electron chi connectivity index (χ3n) is 5.32. The summed E-state index contributed by atoms with van der Waals surface area (Å²) >= 11 is 7.33. The van der Waals surface area contributed by atoms with Crippen LogP contribution in [0.5, 0.6) is 0 Å². The number of anilines is 2. The Kier molecular flexibility index (Phi) is 6.12. The second kappa shape index (κ2) is 9.26. The van der Waals surface area contributed by atoms with Crippen LogP contribution in [0.2, 0.25) is 5.02 Å². The molecule has 1 saturated heterocycles. The Hall–Kier alpha value is -3.93. The van der Waals surface area contributed by atoms with E-state index in [1.807, 2.05) is 6.92 Å². The molecule has 2 N–H and O–H groups in total. The Balaban J connectivity index is 1.34. The Bertz CT molecular complexity index is 1610. The summed E-state index contributed by atoms with van der Waals surface area (Å²) in [7, 11) is -3.78. The van der Waals surface area contributed by atoms with Crippen LogP contribution in [0.15, 0.2) is 81.1 Å². The van der Waals surface area contributed by atoms with Crippen LogP contribution in [-0.2, 0) is 19.6 Å². The monoisotopic (exact) mass is 540 g/mol. The fourth-order valence-electron chi connectivity index (χ4n) is 3.43. The van der Waals surface area contributed by atoms with Gasteiger partial charge in [0.2, 0.25) is 0 Å². The van der Waals surface area contributed by atoms with E-state index in [0.717, 1.165) is 10.6 Å². The number of furan rings is 1. The molecule has 182 valence electrons. The molecule has 1 aliphatic rings. The summed E-state index contributed by atoms with van der Waals surface area (Å²) in [6.45, 7) is 1.84. The normalized spacial score (nSPS) is 14.9. The van der Waals surface area contributed by atoms with E-state index in [2.05, 4.69) is 15.1 Å². The van der Waals surface area contributed by atoms with Gasteiger partial charge in [-0.05, 0) is 67.1 Å². The molecule has 2 aromatic heterocycles. The van der Waals surface area contributed by atoms with Crippen molar-refractivity contribution in [3.05, 3.63) is 88.1 Å². The number of amides is 2. The Morgan fingerprint density at radius 1 is 1.11 bits per heavy atom. The van der Waals surface area contributed by atoms with E-state index < -0.39 is 21.8 Å². The first kappa shape index (κ1) is 23.8. The number of carbonyl (C=O) groups is 2. The number of rotatable bonds is 6. The number of aromatic nitrogens is 1. The van der Waals surface area contributed by atoms with E-state index >= 15 is 0 Å². The van der Waals surface area contributed by atoms with Gasteiger partial charge in [-0.25, -0.2) is 18.4 Å². The van der Waals surface area contributed by atoms with Crippen molar-refractivity contribution >= 4 is 61.7 Å². The van der Waals surface area contributed by atoms with Crippen molar-refractivity contribution in [3.8, 4) is 11.3 Å². The highest BCUT2D eigenvalue weighted by Crippen LogP contribution is 2.29. The van der Waals surface area contributed by atoms with Gasteiger partial charge in [0, 0.05) is 22.2 Å². The SMILES string of the molecule is Cc1ccc(N2NC(=O)/C(=C/c3ccc(-c4ccc(S(=O)(=O)Nc5nccs5)cc4)o3)C2=O)cc1Cl. The first-order valence-electron chi connectivity index (χ1n) is 10.5. The van der Waals surface area contributed by atoms with E-state index in [1.165, 1.54) is 35.7 Å². The zero-order valence-corrected chi connectivity index (χ0v) is 20.9. The fraction of sp³-hybridized carbons (Fsp3) is 0.0417. The van der Waals surface area contributed by atoms with Gasteiger partial charge < -0.3 is 4.42 Å². The lowest BCUT2D eigenvalue weighted by atomic mass is 10.2. The second-order valence-corrected chi connectivity index (χ2v) is 10.7. The fourth-order valence-corrected chi connectivity index (χ4v) is 5.40. The lowest BCUT2D eigenvalue weighted by molar-refractivity contribution is -0.117. The lowest BCUT2D eigenvalue weighted by Gasteiger charge is -2.15. The van der Waals surface area contributed by atoms with Crippen molar-refractivity contribution in [2.24, 2.45) is 0 Å². The maximum Gasteiger partial charge on any atom is 0.282 e. The molecule has 2 amide bonds. The largest absolute Gasteiger partial charge is 0.457 e. The molecule has 0 saturated carbocycles. The Morgan fingerprint density at radius 2 is 1.89 bits per heavy atom. The third kappa shape index (κ3) is 4.63. The van der Waals surface area contributed by atoms with Crippen LogP contribution >= 0.6 is 22.9 Å². The summed E-state index contributed by atoms with van der Waals surface area (Å²) in [5.41, 5.74) is 4.33. The molecule has 36 heavy (non-hydrogen) atoms. The van der Waals surface area contributed by atoms with Crippen LogP contribution < -0.4 is 15.2 Å². The number of hydrogen-bond acceptors (Lipinski definition) is 7. The summed E-state index contributed by atoms with van der Waals surface area (Å²) in [6.07, 6.45) is 2.86. The minimum atomic E-state index is -3.78. The molecule has 0 aliphatic carbocycles. The zero-order chi connectivity index (χ0) is 25.4. The zero-order valence-electron chi connectivity index (χ0n) is 18.6. The first-order valence-corrected chi connectivity index (χ1v) is 13.2. The van der Waals surface area contributed by atoms with Crippen LogP contribution in [0.4, 0.5) is 10.8 Å². The van der Waals surface area contributed by atoms with Gasteiger partial charge in [-0.15, -0.1) is 11.3 Å². The molecule has 9 nitrogen and oxygen atoms in total. The van der Waals surface area contributed by atoms with Crippen molar-refractivity contribution in [2.75, 3.05) is 9.73 Å². The molecule has 0 radical (unpaired) electrons. The molecule has 1 fully saturated rings. The highest BCUT2D eigenvalue weighted by molar-refractivity contribution is 7.93. The van der Waals surface area contributed by atoms with E-state index in [-0.39, 0.29) is 21.4 Å². The minimum absolute atomic E-state index is 0.0693. The van der Waals surface area contributed by atoms with Gasteiger partial charge in [0.15, 0.2) is 5.13 Å². The summed E-state index contributed by atoms with van der Waals surface area (Å²) in [6, 6.07) is 14.4.